The van der Waals surface area contributed by atoms with Crippen molar-refractivity contribution >= 4 is 21.4 Å². The summed E-state index contributed by atoms with van der Waals surface area (Å²) in [5.41, 5.74) is 6.44. The topological polar surface area (TPSA) is 63.4 Å². The predicted octanol–water partition coefficient (Wildman–Crippen LogP) is 1.33. The minimum Gasteiger partial charge on any atom is -0.330 e. The second-order valence-electron chi connectivity index (χ2n) is 4.58. The zero-order valence-corrected chi connectivity index (χ0v) is 11.8. The summed E-state index contributed by atoms with van der Waals surface area (Å²) in [6.45, 7) is 5.51. The van der Waals surface area contributed by atoms with E-state index in [1.165, 1.54) is 11.3 Å². The molecule has 0 amide bonds. The van der Waals surface area contributed by atoms with E-state index in [-0.39, 0.29) is 0 Å². The van der Waals surface area contributed by atoms with Crippen molar-refractivity contribution < 1.29 is 8.42 Å². The molecule has 0 aliphatic carbocycles. The molecule has 17 heavy (non-hydrogen) atoms. The van der Waals surface area contributed by atoms with Gasteiger partial charge >= 0.3 is 0 Å². The molecule has 96 valence electrons. The van der Waals surface area contributed by atoms with Gasteiger partial charge in [-0.25, -0.2) is 8.42 Å². The molecular weight excluding hydrogens is 256 g/mol. The van der Waals surface area contributed by atoms with Gasteiger partial charge in [0.05, 0.1) is 0 Å². The normalized spacial score (nSPS) is 22.2. The smallest absolute Gasteiger partial charge is 0.252 e. The van der Waals surface area contributed by atoms with Gasteiger partial charge in [0.15, 0.2) is 0 Å². The van der Waals surface area contributed by atoms with Crippen LogP contribution in [0.3, 0.4) is 0 Å². The van der Waals surface area contributed by atoms with Crippen LogP contribution in [0.25, 0.3) is 0 Å². The van der Waals surface area contributed by atoms with Crippen molar-refractivity contribution in [3.8, 4) is 0 Å². The van der Waals surface area contributed by atoms with Crippen LogP contribution in [0, 0.1) is 19.8 Å². The standard InChI is InChI=1S/C11H18N2O2S2/c1-8-5-9(2)16-11(8)17(14,15)13-4-3-10(6-12)7-13/h5,10H,3-4,6-7,12H2,1-2H3. The van der Waals surface area contributed by atoms with E-state index in [1.54, 1.807) is 4.31 Å². The van der Waals surface area contributed by atoms with E-state index in [1.807, 2.05) is 19.9 Å². The predicted molar refractivity (Wildman–Crippen MR) is 69.7 cm³/mol. The highest BCUT2D eigenvalue weighted by Crippen LogP contribution is 2.31. The van der Waals surface area contributed by atoms with Crippen LogP contribution in [-0.4, -0.2) is 32.4 Å². The van der Waals surface area contributed by atoms with Crippen molar-refractivity contribution in [2.75, 3.05) is 19.6 Å². The van der Waals surface area contributed by atoms with Crippen LogP contribution in [0.2, 0.25) is 0 Å². The first-order valence-electron chi connectivity index (χ1n) is 5.72. The van der Waals surface area contributed by atoms with Crippen LogP contribution < -0.4 is 5.73 Å². The number of aryl methyl sites for hydroxylation is 2. The van der Waals surface area contributed by atoms with E-state index in [2.05, 4.69) is 0 Å². The summed E-state index contributed by atoms with van der Waals surface area (Å²) in [4.78, 5) is 1.04. The van der Waals surface area contributed by atoms with Gasteiger partial charge in [-0.15, -0.1) is 11.3 Å². The molecule has 1 saturated heterocycles. The zero-order chi connectivity index (χ0) is 12.6. The summed E-state index contributed by atoms with van der Waals surface area (Å²) in [7, 11) is -3.30. The number of nitrogens with two attached hydrogens (primary N) is 1. The van der Waals surface area contributed by atoms with Crippen LogP contribution in [0.1, 0.15) is 16.9 Å². The molecule has 0 saturated carbocycles. The molecular formula is C11H18N2O2S2. The second-order valence-corrected chi connectivity index (χ2v) is 7.97. The third kappa shape index (κ3) is 2.40. The largest absolute Gasteiger partial charge is 0.330 e. The zero-order valence-electron chi connectivity index (χ0n) is 10.1. The van der Waals surface area contributed by atoms with Gasteiger partial charge in [-0.3, -0.25) is 0 Å². The van der Waals surface area contributed by atoms with Gasteiger partial charge in [0.25, 0.3) is 10.0 Å². The highest BCUT2D eigenvalue weighted by atomic mass is 32.2. The second kappa shape index (κ2) is 4.68. The minimum atomic E-state index is -3.30. The van der Waals surface area contributed by atoms with E-state index in [4.69, 9.17) is 5.73 Å². The van der Waals surface area contributed by atoms with E-state index in [0.717, 1.165) is 16.9 Å². The first kappa shape index (κ1) is 13.0. The van der Waals surface area contributed by atoms with E-state index >= 15 is 0 Å². The molecule has 4 nitrogen and oxygen atoms in total. The van der Waals surface area contributed by atoms with Crippen LogP contribution in [0.4, 0.5) is 0 Å². The van der Waals surface area contributed by atoms with Crippen molar-refractivity contribution in [2.24, 2.45) is 11.7 Å². The first-order valence-corrected chi connectivity index (χ1v) is 7.98. The lowest BCUT2D eigenvalue weighted by Gasteiger charge is -2.15. The van der Waals surface area contributed by atoms with Gasteiger partial charge in [-0.1, -0.05) is 0 Å². The van der Waals surface area contributed by atoms with Gasteiger partial charge < -0.3 is 5.73 Å². The number of hydrogen-bond acceptors (Lipinski definition) is 4. The lowest BCUT2D eigenvalue weighted by molar-refractivity contribution is 0.460. The molecule has 1 fully saturated rings. The maximum Gasteiger partial charge on any atom is 0.252 e. The quantitative estimate of drug-likeness (QED) is 0.904. The molecule has 0 radical (unpaired) electrons. The van der Waals surface area contributed by atoms with E-state index in [9.17, 15) is 8.42 Å². The Labute approximate surface area is 106 Å². The molecule has 1 aliphatic heterocycles. The summed E-state index contributed by atoms with van der Waals surface area (Å²) < 4.78 is 26.9. The Morgan fingerprint density at radius 1 is 1.53 bits per heavy atom. The Bertz CT molecular complexity index is 508. The third-order valence-electron chi connectivity index (χ3n) is 3.15. The molecule has 1 atom stereocenters. The summed E-state index contributed by atoms with van der Waals surface area (Å²) in [5.74, 6) is 0.311. The molecule has 6 heteroatoms. The molecule has 0 spiro atoms. The Morgan fingerprint density at radius 2 is 2.24 bits per heavy atom. The highest BCUT2D eigenvalue weighted by Gasteiger charge is 2.33. The molecule has 2 heterocycles. The highest BCUT2D eigenvalue weighted by molar-refractivity contribution is 7.91. The Hall–Kier alpha value is -0.430. The Morgan fingerprint density at radius 3 is 2.71 bits per heavy atom. The van der Waals surface area contributed by atoms with Crippen LogP contribution in [0.5, 0.6) is 0 Å². The van der Waals surface area contributed by atoms with Gasteiger partial charge in [0.1, 0.15) is 4.21 Å². The number of sulfonamides is 1. The molecule has 2 rings (SSSR count). The average Bonchev–Trinajstić information content (AvgIpc) is 2.85. The molecule has 1 aromatic heterocycles. The SMILES string of the molecule is Cc1cc(C)c(S(=O)(=O)N2CCC(CN)C2)s1. The Kier molecular flexibility index (Phi) is 3.58. The molecule has 0 bridgehead atoms. The van der Waals surface area contributed by atoms with Crippen molar-refractivity contribution in [2.45, 2.75) is 24.5 Å². The minimum absolute atomic E-state index is 0.311. The summed E-state index contributed by atoms with van der Waals surface area (Å²) in [6, 6.07) is 1.92. The fourth-order valence-corrected chi connectivity index (χ4v) is 5.53. The summed E-state index contributed by atoms with van der Waals surface area (Å²) in [5, 5.41) is 0. The average molecular weight is 274 g/mol. The van der Waals surface area contributed by atoms with Crippen molar-refractivity contribution in [1.82, 2.24) is 4.31 Å². The van der Waals surface area contributed by atoms with Crippen LogP contribution in [-0.2, 0) is 10.0 Å². The van der Waals surface area contributed by atoms with Crippen molar-refractivity contribution in [3.05, 3.63) is 16.5 Å². The van der Waals surface area contributed by atoms with Crippen LogP contribution in [0.15, 0.2) is 10.3 Å². The number of nitrogens with zero attached hydrogens (tertiary/aromatic N) is 1. The van der Waals surface area contributed by atoms with Gasteiger partial charge in [-0.05, 0) is 44.4 Å². The number of rotatable bonds is 3. The molecule has 0 aromatic carbocycles. The van der Waals surface area contributed by atoms with Gasteiger partial charge in [0, 0.05) is 18.0 Å². The maximum atomic E-state index is 12.4. The van der Waals surface area contributed by atoms with E-state index in [0.29, 0.717) is 29.8 Å². The van der Waals surface area contributed by atoms with Crippen LogP contribution >= 0.6 is 11.3 Å². The summed E-state index contributed by atoms with van der Waals surface area (Å²) in [6.07, 6.45) is 0.874. The Balaban J connectivity index is 2.28. The molecule has 2 N–H and O–H groups in total. The lowest BCUT2D eigenvalue weighted by Crippen LogP contribution is -2.29. The van der Waals surface area contributed by atoms with Crippen molar-refractivity contribution in [1.29, 1.82) is 0 Å². The lowest BCUT2D eigenvalue weighted by atomic mass is 10.1. The monoisotopic (exact) mass is 274 g/mol. The molecule has 1 unspecified atom stereocenters. The number of hydrogen-bond donors (Lipinski definition) is 1. The third-order valence-corrected chi connectivity index (χ3v) is 6.78. The van der Waals surface area contributed by atoms with E-state index < -0.39 is 10.0 Å². The molecule has 1 aliphatic rings. The first-order chi connectivity index (χ1) is 7.95. The fraction of sp³-hybridized carbons (Fsp3) is 0.636. The molecule has 1 aromatic rings. The summed E-state index contributed by atoms with van der Waals surface area (Å²) >= 11 is 1.36. The van der Waals surface area contributed by atoms with Gasteiger partial charge in [0.2, 0.25) is 0 Å². The maximum absolute atomic E-state index is 12.4. The fourth-order valence-electron chi connectivity index (χ4n) is 2.20. The van der Waals surface area contributed by atoms with Crippen molar-refractivity contribution in [3.63, 3.8) is 0 Å². The number of thiophene rings is 1. The van der Waals surface area contributed by atoms with Gasteiger partial charge in [-0.2, -0.15) is 4.31 Å².